The Bertz CT molecular complexity index is 521. The Morgan fingerprint density at radius 1 is 1.43 bits per heavy atom. The zero-order valence-electron chi connectivity index (χ0n) is 12.0. The van der Waals surface area contributed by atoms with Gasteiger partial charge in [-0.15, -0.1) is 0 Å². The number of hydrogen-bond donors (Lipinski definition) is 1. The molecule has 1 N–H and O–H groups in total. The third-order valence-electron chi connectivity index (χ3n) is 3.56. The van der Waals surface area contributed by atoms with Gasteiger partial charge in [0, 0.05) is 6.54 Å². The second kappa shape index (κ2) is 7.17. The van der Waals surface area contributed by atoms with Crippen LogP contribution in [0.2, 0.25) is 0 Å². The summed E-state index contributed by atoms with van der Waals surface area (Å²) in [7, 11) is 1.37. The number of halogens is 1. The number of hydrogen-bond acceptors (Lipinski definition) is 4. The summed E-state index contributed by atoms with van der Waals surface area (Å²) in [5.41, 5.74) is 0.170. The quantitative estimate of drug-likeness (QED) is 0.858. The Morgan fingerprint density at radius 3 is 2.90 bits per heavy atom. The molecule has 6 heteroatoms. The van der Waals surface area contributed by atoms with Gasteiger partial charge in [0.2, 0.25) is 5.91 Å². The number of amides is 1. The van der Waals surface area contributed by atoms with Crippen molar-refractivity contribution >= 4 is 17.6 Å². The molecule has 5 nitrogen and oxygen atoms in total. The van der Waals surface area contributed by atoms with Crippen molar-refractivity contribution in [1.82, 2.24) is 4.90 Å². The summed E-state index contributed by atoms with van der Waals surface area (Å²) in [6.07, 6.45) is 1.62. The van der Waals surface area contributed by atoms with Gasteiger partial charge in [-0.05, 0) is 31.5 Å². The zero-order chi connectivity index (χ0) is 15.2. The van der Waals surface area contributed by atoms with Crippen molar-refractivity contribution < 1.29 is 18.7 Å². The van der Waals surface area contributed by atoms with Crippen molar-refractivity contribution in [3.05, 3.63) is 30.1 Å². The van der Waals surface area contributed by atoms with Gasteiger partial charge in [0.15, 0.2) is 0 Å². The predicted molar refractivity (Wildman–Crippen MR) is 76.2 cm³/mol. The van der Waals surface area contributed by atoms with E-state index in [1.807, 2.05) is 4.90 Å². The van der Waals surface area contributed by atoms with E-state index in [9.17, 15) is 14.0 Å². The van der Waals surface area contributed by atoms with Gasteiger partial charge in [0.25, 0.3) is 0 Å². The summed E-state index contributed by atoms with van der Waals surface area (Å²) < 4.78 is 18.2. The van der Waals surface area contributed by atoms with E-state index in [1.54, 1.807) is 12.1 Å². The molecule has 0 saturated carbocycles. The third kappa shape index (κ3) is 4.26. The number of carbonyl (C=O) groups excluding carboxylic acids is 2. The van der Waals surface area contributed by atoms with Crippen molar-refractivity contribution in [2.24, 2.45) is 5.92 Å². The van der Waals surface area contributed by atoms with Crippen LogP contribution < -0.4 is 5.32 Å². The van der Waals surface area contributed by atoms with Crippen LogP contribution in [0, 0.1) is 11.7 Å². The number of benzene rings is 1. The summed E-state index contributed by atoms with van der Waals surface area (Å²) >= 11 is 0. The van der Waals surface area contributed by atoms with Gasteiger partial charge >= 0.3 is 5.97 Å². The van der Waals surface area contributed by atoms with E-state index in [0.29, 0.717) is 6.54 Å². The molecule has 2 rings (SSSR count). The molecule has 1 aromatic rings. The van der Waals surface area contributed by atoms with Crippen molar-refractivity contribution in [1.29, 1.82) is 0 Å². The second-order valence-electron chi connectivity index (χ2n) is 5.13. The lowest BCUT2D eigenvalue weighted by molar-refractivity contribution is -0.147. The van der Waals surface area contributed by atoms with Crippen LogP contribution in [0.4, 0.5) is 10.1 Å². The Hall–Kier alpha value is -1.95. The largest absolute Gasteiger partial charge is 0.469 e. The highest BCUT2D eigenvalue weighted by molar-refractivity contribution is 5.92. The Balaban J connectivity index is 1.88. The molecule has 0 bridgehead atoms. The van der Waals surface area contributed by atoms with Crippen LogP contribution in [-0.2, 0) is 14.3 Å². The van der Waals surface area contributed by atoms with Crippen LogP contribution in [-0.4, -0.2) is 43.5 Å². The van der Waals surface area contributed by atoms with Crippen molar-refractivity contribution in [2.75, 3.05) is 32.1 Å². The number of para-hydroxylation sites is 1. The number of nitrogens with zero attached hydrogens (tertiary/aromatic N) is 1. The van der Waals surface area contributed by atoms with Crippen LogP contribution in [0.25, 0.3) is 0 Å². The highest BCUT2D eigenvalue weighted by Gasteiger charge is 2.27. The maximum atomic E-state index is 13.5. The first-order valence-corrected chi connectivity index (χ1v) is 6.94. The summed E-state index contributed by atoms with van der Waals surface area (Å²) in [6.45, 7) is 1.39. The summed E-state index contributed by atoms with van der Waals surface area (Å²) in [5.74, 6) is -1.18. The van der Waals surface area contributed by atoms with Crippen molar-refractivity contribution in [2.45, 2.75) is 12.8 Å². The number of carbonyl (C=O) groups is 2. The van der Waals surface area contributed by atoms with Crippen molar-refractivity contribution in [3.8, 4) is 0 Å². The highest BCUT2D eigenvalue weighted by Crippen LogP contribution is 2.18. The van der Waals surface area contributed by atoms with Crippen LogP contribution in [0.5, 0.6) is 0 Å². The van der Waals surface area contributed by atoms with Gasteiger partial charge in [-0.2, -0.15) is 0 Å². The summed E-state index contributed by atoms with van der Waals surface area (Å²) in [5, 5.41) is 2.54. The molecule has 0 radical (unpaired) electrons. The number of anilines is 1. The molecule has 21 heavy (non-hydrogen) atoms. The van der Waals surface area contributed by atoms with E-state index in [-0.39, 0.29) is 30.0 Å². The maximum absolute atomic E-state index is 13.5. The summed E-state index contributed by atoms with van der Waals surface area (Å²) in [6, 6.07) is 6.04. The first kappa shape index (κ1) is 15.4. The summed E-state index contributed by atoms with van der Waals surface area (Å²) in [4.78, 5) is 25.4. The maximum Gasteiger partial charge on any atom is 0.309 e. The van der Waals surface area contributed by atoms with Crippen LogP contribution in [0.1, 0.15) is 12.8 Å². The molecule has 0 aromatic heterocycles. The molecule has 0 spiro atoms. The molecular formula is C15H19FN2O3. The minimum Gasteiger partial charge on any atom is -0.469 e. The fourth-order valence-corrected chi connectivity index (χ4v) is 2.51. The van der Waals surface area contributed by atoms with E-state index in [4.69, 9.17) is 4.74 Å². The fourth-order valence-electron chi connectivity index (χ4n) is 2.51. The third-order valence-corrected chi connectivity index (χ3v) is 3.56. The first-order valence-electron chi connectivity index (χ1n) is 6.94. The molecule has 0 aliphatic carbocycles. The molecule has 1 aromatic carbocycles. The number of methoxy groups -OCH3 is 1. The smallest absolute Gasteiger partial charge is 0.309 e. The van der Waals surface area contributed by atoms with E-state index < -0.39 is 5.82 Å². The molecule has 1 saturated heterocycles. The van der Waals surface area contributed by atoms with Gasteiger partial charge in [-0.1, -0.05) is 12.1 Å². The minimum absolute atomic E-state index is 0.141. The van der Waals surface area contributed by atoms with E-state index in [0.717, 1.165) is 19.4 Å². The molecule has 114 valence electrons. The van der Waals surface area contributed by atoms with Gasteiger partial charge < -0.3 is 10.1 Å². The molecule has 1 aliphatic rings. The van der Waals surface area contributed by atoms with Gasteiger partial charge in [-0.25, -0.2) is 4.39 Å². The SMILES string of the molecule is COC(=O)[C@H]1CCCN(CC(=O)Nc2ccccc2F)C1. The van der Waals surface area contributed by atoms with Crippen LogP contribution >= 0.6 is 0 Å². The number of piperidine rings is 1. The average molecular weight is 294 g/mol. The van der Waals surface area contributed by atoms with Crippen LogP contribution in [0.15, 0.2) is 24.3 Å². The van der Waals surface area contributed by atoms with E-state index >= 15 is 0 Å². The normalized spacial score (nSPS) is 19.0. The lowest BCUT2D eigenvalue weighted by atomic mass is 9.98. The molecule has 1 amide bonds. The molecule has 1 aliphatic heterocycles. The average Bonchev–Trinajstić information content (AvgIpc) is 2.49. The highest BCUT2D eigenvalue weighted by atomic mass is 19.1. The number of esters is 1. The number of nitrogens with one attached hydrogen (secondary N) is 1. The Morgan fingerprint density at radius 2 is 2.19 bits per heavy atom. The molecule has 1 fully saturated rings. The van der Waals surface area contributed by atoms with Gasteiger partial charge in [-0.3, -0.25) is 14.5 Å². The minimum atomic E-state index is -0.461. The predicted octanol–water partition coefficient (Wildman–Crippen LogP) is 1.65. The lowest BCUT2D eigenvalue weighted by Gasteiger charge is -2.30. The zero-order valence-corrected chi connectivity index (χ0v) is 12.0. The Kier molecular flexibility index (Phi) is 5.27. The number of ether oxygens (including phenoxy) is 1. The molecule has 1 heterocycles. The van der Waals surface area contributed by atoms with Crippen LogP contribution in [0.3, 0.4) is 0 Å². The fraction of sp³-hybridized carbons (Fsp3) is 0.467. The topological polar surface area (TPSA) is 58.6 Å². The second-order valence-corrected chi connectivity index (χ2v) is 5.13. The van der Waals surface area contributed by atoms with E-state index in [1.165, 1.54) is 19.2 Å². The lowest BCUT2D eigenvalue weighted by Crippen LogP contribution is -2.42. The molecular weight excluding hydrogens is 275 g/mol. The first-order chi connectivity index (χ1) is 10.1. The Labute approximate surface area is 123 Å². The van der Waals surface area contributed by atoms with Gasteiger partial charge in [0.05, 0.1) is 25.3 Å². The number of likely N-dealkylation sites (tertiary alicyclic amines) is 1. The molecule has 0 unspecified atom stereocenters. The number of rotatable bonds is 4. The van der Waals surface area contributed by atoms with Crippen molar-refractivity contribution in [3.63, 3.8) is 0 Å². The van der Waals surface area contributed by atoms with Gasteiger partial charge in [0.1, 0.15) is 5.82 Å². The van der Waals surface area contributed by atoms with E-state index in [2.05, 4.69) is 5.32 Å². The standard InChI is InChI=1S/C15H19FN2O3/c1-21-15(20)11-5-4-8-18(9-11)10-14(19)17-13-7-3-2-6-12(13)16/h2-3,6-7,11H,4-5,8-10H2,1H3,(H,17,19)/t11-/m0/s1. The monoisotopic (exact) mass is 294 g/mol. The molecule has 1 atom stereocenters.